The molecule has 0 bridgehead atoms. The van der Waals surface area contributed by atoms with Crippen LogP contribution in [0.3, 0.4) is 0 Å². The predicted molar refractivity (Wildman–Crippen MR) is 136 cm³/mol. The summed E-state index contributed by atoms with van der Waals surface area (Å²) in [5, 5.41) is 7.27. The summed E-state index contributed by atoms with van der Waals surface area (Å²) in [6.45, 7) is 12.5. The maximum Gasteiger partial charge on any atom is 0.278 e. The van der Waals surface area contributed by atoms with Crippen LogP contribution in [-0.2, 0) is 25.4 Å². The molecule has 1 aromatic carbocycles. The minimum Gasteiger partial charge on any atom is -0.333 e. The van der Waals surface area contributed by atoms with Gasteiger partial charge in [-0.05, 0) is 62.2 Å². The molecule has 2 N–H and O–H groups in total. The van der Waals surface area contributed by atoms with Crippen molar-refractivity contribution in [2.45, 2.75) is 59.0 Å². The van der Waals surface area contributed by atoms with E-state index in [4.69, 9.17) is 4.98 Å². The van der Waals surface area contributed by atoms with Crippen molar-refractivity contribution in [2.75, 3.05) is 11.9 Å². The molecule has 178 valence electrons. The Bertz CT molecular complexity index is 1430. The second-order valence-electron chi connectivity index (χ2n) is 10.4. The van der Waals surface area contributed by atoms with E-state index in [2.05, 4.69) is 71.3 Å². The van der Waals surface area contributed by atoms with Crippen LogP contribution in [0.2, 0.25) is 0 Å². The first-order chi connectivity index (χ1) is 16.1. The Kier molecular flexibility index (Phi) is 5.36. The number of fused-ring (bicyclic) bond motifs is 2. The standard InChI is InChI=1S/C26H33N7O/c1-16(2)32-24(34)20-15-28-25(29-19-8-7-17-11-12-27-14-18(17)13-19)30-23(20)33(32)22-10-9-21(31(22)6)26(3,4)5/h7-10,13,15-16,27H,11-12,14H2,1-6H3,(H,28,29,30). The quantitative estimate of drug-likeness (QED) is 0.478. The summed E-state index contributed by atoms with van der Waals surface area (Å²) < 4.78 is 5.83. The molecule has 0 radical (unpaired) electrons. The van der Waals surface area contributed by atoms with Gasteiger partial charge >= 0.3 is 0 Å². The Morgan fingerprint density at radius 1 is 1.12 bits per heavy atom. The third-order valence-electron chi connectivity index (χ3n) is 6.54. The number of benzene rings is 1. The van der Waals surface area contributed by atoms with Gasteiger partial charge in [-0.15, -0.1) is 0 Å². The van der Waals surface area contributed by atoms with Gasteiger partial charge < -0.3 is 15.2 Å². The summed E-state index contributed by atoms with van der Waals surface area (Å²) in [6.07, 6.45) is 2.68. The van der Waals surface area contributed by atoms with Crippen LogP contribution in [0.25, 0.3) is 16.9 Å². The van der Waals surface area contributed by atoms with Gasteiger partial charge in [0, 0.05) is 42.6 Å². The zero-order valence-electron chi connectivity index (χ0n) is 20.8. The first-order valence-electron chi connectivity index (χ1n) is 11.9. The van der Waals surface area contributed by atoms with Crippen LogP contribution in [0.5, 0.6) is 0 Å². The van der Waals surface area contributed by atoms with Gasteiger partial charge in [0.2, 0.25) is 5.95 Å². The Hall–Kier alpha value is -3.39. The van der Waals surface area contributed by atoms with Crippen molar-refractivity contribution in [1.29, 1.82) is 0 Å². The Labute approximate surface area is 199 Å². The average molecular weight is 460 g/mol. The largest absolute Gasteiger partial charge is 0.333 e. The number of aromatic nitrogens is 5. The van der Waals surface area contributed by atoms with Gasteiger partial charge in [0.1, 0.15) is 11.2 Å². The molecule has 0 atom stereocenters. The molecule has 0 amide bonds. The van der Waals surface area contributed by atoms with Crippen molar-refractivity contribution in [2.24, 2.45) is 7.05 Å². The molecule has 1 aliphatic rings. The van der Waals surface area contributed by atoms with Crippen molar-refractivity contribution in [3.8, 4) is 5.82 Å². The highest BCUT2D eigenvalue weighted by molar-refractivity contribution is 5.77. The summed E-state index contributed by atoms with van der Waals surface area (Å²) in [7, 11) is 2.04. The number of hydrogen-bond donors (Lipinski definition) is 2. The second kappa shape index (κ2) is 8.13. The van der Waals surface area contributed by atoms with Crippen molar-refractivity contribution < 1.29 is 0 Å². The summed E-state index contributed by atoms with van der Waals surface area (Å²) >= 11 is 0. The number of rotatable bonds is 4. The molecule has 0 aliphatic carbocycles. The molecule has 1 aliphatic heterocycles. The molecule has 5 rings (SSSR count). The van der Waals surface area contributed by atoms with Gasteiger partial charge in [-0.2, -0.15) is 4.98 Å². The lowest BCUT2D eigenvalue weighted by Crippen LogP contribution is -2.26. The highest BCUT2D eigenvalue weighted by Crippen LogP contribution is 2.28. The van der Waals surface area contributed by atoms with Crippen LogP contribution < -0.4 is 16.2 Å². The normalized spacial score (nSPS) is 14.1. The van der Waals surface area contributed by atoms with E-state index >= 15 is 0 Å². The Morgan fingerprint density at radius 2 is 1.91 bits per heavy atom. The SMILES string of the molecule is CC(C)n1c(=O)c2cnc(Nc3ccc4c(c3)CNCC4)nc2n1-c1ccc(C(C)(C)C)n1C. The zero-order chi connectivity index (χ0) is 24.2. The molecule has 8 nitrogen and oxygen atoms in total. The molecule has 34 heavy (non-hydrogen) atoms. The van der Waals surface area contributed by atoms with Crippen LogP contribution in [-0.4, -0.2) is 30.4 Å². The van der Waals surface area contributed by atoms with Gasteiger partial charge in [-0.1, -0.05) is 26.8 Å². The second-order valence-corrected chi connectivity index (χ2v) is 10.4. The fourth-order valence-electron chi connectivity index (χ4n) is 4.90. The monoisotopic (exact) mass is 459 g/mol. The predicted octanol–water partition coefficient (Wildman–Crippen LogP) is 4.19. The molecule has 4 aromatic rings. The van der Waals surface area contributed by atoms with Crippen molar-refractivity contribution in [1.82, 2.24) is 29.2 Å². The lowest BCUT2D eigenvalue weighted by Gasteiger charge is -2.22. The topological polar surface area (TPSA) is 81.7 Å². The van der Waals surface area contributed by atoms with Crippen LogP contribution in [0.15, 0.2) is 41.3 Å². The van der Waals surface area contributed by atoms with Crippen molar-refractivity contribution in [3.05, 3.63) is 63.7 Å². The van der Waals surface area contributed by atoms with Gasteiger partial charge in [0.05, 0.1) is 0 Å². The van der Waals surface area contributed by atoms with E-state index < -0.39 is 0 Å². The van der Waals surface area contributed by atoms with Gasteiger partial charge in [-0.25, -0.2) is 14.3 Å². The molecule has 0 spiro atoms. The zero-order valence-corrected chi connectivity index (χ0v) is 20.8. The van der Waals surface area contributed by atoms with Crippen molar-refractivity contribution in [3.63, 3.8) is 0 Å². The fraction of sp³-hybridized carbons (Fsp3) is 0.423. The molecule has 3 aromatic heterocycles. The highest BCUT2D eigenvalue weighted by Gasteiger charge is 2.24. The van der Waals surface area contributed by atoms with Crippen LogP contribution in [0.4, 0.5) is 11.6 Å². The van der Waals surface area contributed by atoms with Gasteiger partial charge in [0.15, 0.2) is 5.65 Å². The average Bonchev–Trinajstić information content (AvgIpc) is 3.30. The number of anilines is 2. The molecule has 0 unspecified atom stereocenters. The molecular weight excluding hydrogens is 426 g/mol. The smallest absolute Gasteiger partial charge is 0.278 e. The maximum absolute atomic E-state index is 13.3. The summed E-state index contributed by atoms with van der Waals surface area (Å²) in [5.41, 5.74) is 5.27. The van der Waals surface area contributed by atoms with Crippen LogP contribution in [0.1, 0.15) is 57.5 Å². The molecular formula is C26H33N7O. The maximum atomic E-state index is 13.3. The van der Waals surface area contributed by atoms with E-state index in [0.717, 1.165) is 31.0 Å². The first-order valence-corrected chi connectivity index (χ1v) is 11.9. The van der Waals surface area contributed by atoms with E-state index in [9.17, 15) is 4.79 Å². The van der Waals surface area contributed by atoms with E-state index in [1.807, 2.05) is 25.6 Å². The van der Waals surface area contributed by atoms with Gasteiger partial charge in [0.25, 0.3) is 5.56 Å². The van der Waals surface area contributed by atoms with E-state index in [-0.39, 0.29) is 17.0 Å². The number of nitrogens with zero attached hydrogens (tertiary/aromatic N) is 5. The summed E-state index contributed by atoms with van der Waals surface area (Å²) in [5.74, 6) is 1.37. The van der Waals surface area contributed by atoms with Crippen LogP contribution in [0, 0.1) is 0 Å². The molecule has 0 fully saturated rings. The number of hydrogen-bond acceptors (Lipinski definition) is 5. The molecule has 8 heteroatoms. The van der Waals surface area contributed by atoms with Crippen LogP contribution >= 0.6 is 0 Å². The molecule has 0 saturated heterocycles. The van der Waals surface area contributed by atoms with Gasteiger partial charge in [-0.3, -0.25) is 4.79 Å². The first kappa shape index (κ1) is 22.4. The third-order valence-corrected chi connectivity index (χ3v) is 6.54. The molecule has 4 heterocycles. The van der Waals surface area contributed by atoms with E-state index in [0.29, 0.717) is 17.0 Å². The number of nitrogens with one attached hydrogen (secondary N) is 2. The van der Waals surface area contributed by atoms with E-state index in [1.54, 1.807) is 10.9 Å². The summed E-state index contributed by atoms with van der Waals surface area (Å²) in [4.78, 5) is 22.6. The highest BCUT2D eigenvalue weighted by atomic mass is 16.1. The minimum atomic E-state index is -0.0880. The minimum absolute atomic E-state index is 0.0259. The summed E-state index contributed by atoms with van der Waals surface area (Å²) in [6, 6.07) is 10.5. The lowest BCUT2D eigenvalue weighted by molar-refractivity contribution is 0.461. The third kappa shape index (κ3) is 3.72. The van der Waals surface area contributed by atoms with E-state index in [1.165, 1.54) is 16.8 Å². The van der Waals surface area contributed by atoms with Crippen molar-refractivity contribution >= 4 is 22.7 Å². The fourth-order valence-corrected chi connectivity index (χ4v) is 4.90. The Balaban J connectivity index is 1.64. The lowest BCUT2D eigenvalue weighted by atomic mass is 9.92. The Morgan fingerprint density at radius 3 is 2.62 bits per heavy atom. The molecule has 0 saturated carbocycles.